The van der Waals surface area contributed by atoms with E-state index in [9.17, 15) is 9.18 Å². The van der Waals surface area contributed by atoms with Gasteiger partial charge >= 0.3 is 5.97 Å². The summed E-state index contributed by atoms with van der Waals surface area (Å²) in [5, 5.41) is 9.66. The van der Waals surface area contributed by atoms with E-state index in [1.54, 1.807) is 26.0 Å². The molecule has 1 atom stereocenters. The Morgan fingerprint density at radius 2 is 2.12 bits per heavy atom. The predicted octanol–water partition coefficient (Wildman–Crippen LogP) is 2.87. The number of benzene rings is 1. The number of aliphatic carboxylic acids is 1. The van der Waals surface area contributed by atoms with Crippen molar-refractivity contribution in [3.8, 4) is 0 Å². The van der Waals surface area contributed by atoms with Gasteiger partial charge in [-0.05, 0) is 43.7 Å². The molecule has 17 heavy (non-hydrogen) atoms. The third-order valence-electron chi connectivity index (χ3n) is 2.79. The Kier molecular flexibility index (Phi) is 2.79. The van der Waals surface area contributed by atoms with Crippen molar-refractivity contribution >= 4 is 16.9 Å². The molecule has 0 fully saturated rings. The molecule has 1 unspecified atom stereocenters. The first-order valence-electron chi connectivity index (χ1n) is 5.28. The van der Waals surface area contributed by atoms with Gasteiger partial charge in [0, 0.05) is 5.39 Å². The number of rotatable bonds is 2. The average molecular weight is 233 g/mol. The summed E-state index contributed by atoms with van der Waals surface area (Å²) in [5.74, 6) is -1.90. The molecule has 1 aromatic heterocycles. The number of aromatic nitrogens is 1. The highest BCUT2D eigenvalue weighted by atomic mass is 19.1. The molecule has 1 aromatic carbocycles. The number of carboxylic acid groups (broad SMARTS) is 1. The second-order valence-corrected chi connectivity index (χ2v) is 4.09. The minimum atomic E-state index is -0.915. The summed E-state index contributed by atoms with van der Waals surface area (Å²) in [7, 11) is 0. The molecule has 88 valence electrons. The van der Waals surface area contributed by atoms with Gasteiger partial charge in [-0.1, -0.05) is 0 Å². The first-order chi connectivity index (χ1) is 7.99. The van der Waals surface area contributed by atoms with Crippen LogP contribution in [0.15, 0.2) is 24.3 Å². The molecular weight excluding hydrogens is 221 g/mol. The van der Waals surface area contributed by atoms with Crippen molar-refractivity contribution in [2.45, 2.75) is 19.8 Å². The van der Waals surface area contributed by atoms with Gasteiger partial charge in [-0.15, -0.1) is 0 Å². The van der Waals surface area contributed by atoms with Gasteiger partial charge in [0.1, 0.15) is 5.82 Å². The topological polar surface area (TPSA) is 50.2 Å². The number of nitrogens with zero attached hydrogens (tertiary/aromatic N) is 1. The maximum Gasteiger partial charge on any atom is 0.312 e. The Labute approximate surface area is 97.9 Å². The van der Waals surface area contributed by atoms with Crippen molar-refractivity contribution in [3.63, 3.8) is 0 Å². The van der Waals surface area contributed by atoms with Crippen molar-refractivity contribution in [1.82, 2.24) is 4.98 Å². The van der Waals surface area contributed by atoms with E-state index in [2.05, 4.69) is 4.98 Å². The van der Waals surface area contributed by atoms with Crippen LogP contribution in [0, 0.1) is 12.7 Å². The molecular formula is C13H12FNO2. The van der Waals surface area contributed by atoms with E-state index in [0.717, 1.165) is 5.56 Å². The molecule has 1 heterocycles. The van der Waals surface area contributed by atoms with Crippen LogP contribution in [0.1, 0.15) is 24.1 Å². The van der Waals surface area contributed by atoms with E-state index >= 15 is 0 Å². The third-order valence-corrected chi connectivity index (χ3v) is 2.79. The summed E-state index contributed by atoms with van der Waals surface area (Å²) >= 11 is 0. The van der Waals surface area contributed by atoms with Gasteiger partial charge in [0.25, 0.3) is 0 Å². The molecule has 0 amide bonds. The van der Waals surface area contributed by atoms with Gasteiger partial charge in [0.2, 0.25) is 0 Å². The summed E-state index contributed by atoms with van der Waals surface area (Å²) in [5.41, 5.74) is 1.90. The number of aryl methyl sites for hydroxylation is 1. The molecule has 3 nitrogen and oxygen atoms in total. The fourth-order valence-corrected chi connectivity index (χ4v) is 1.82. The monoisotopic (exact) mass is 233 g/mol. The molecule has 0 aliphatic heterocycles. The molecule has 0 saturated carbocycles. The lowest BCUT2D eigenvalue weighted by molar-refractivity contribution is -0.138. The number of halogens is 1. The van der Waals surface area contributed by atoms with E-state index in [0.29, 0.717) is 16.6 Å². The lowest BCUT2D eigenvalue weighted by atomic mass is 10.0. The van der Waals surface area contributed by atoms with Crippen molar-refractivity contribution in [2.75, 3.05) is 0 Å². The van der Waals surface area contributed by atoms with Crippen LogP contribution in [0.4, 0.5) is 4.39 Å². The van der Waals surface area contributed by atoms with Crippen LogP contribution in [-0.4, -0.2) is 16.1 Å². The summed E-state index contributed by atoms with van der Waals surface area (Å²) < 4.78 is 13.0. The fraction of sp³-hybridized carbons (Fsp3) is 0.231. The molecule has 0 saturated heterocycles. The maximum absolute atomic E-state index is 13.0. The average Bonchev–Trinajstić information content (AvgIpc) is 2.27. The van der Waals surface area contributed by atoms with Gasteiger partial charge in [-0.25, -0.2) is 4.39 Å². The van der Waals surface area contributed by atoms with Crippen LogP contribution in [0.25, 0.3) is 10.9 Å². The zero-order valence-corrected chi connectivity index (χ0v) is 9.57. The SMILES string of the molecule is Cc1cc2cc(F)ccc2nc1C(C)C(=O)O. The molecule has 0 bridgehead atoms. The lowest BCUT2D eigenvalue weighted by Gasteiger charge is -2.10. The van der Waals surface area contributed by atoms with E-state index in [4.69, 9.17) is 5.11 Å². The lowest BCUT2D eigenvalue weighted by Crippen LogP contribution is -2.11. The maximum atomic E-state index is 13.0. The fourth-order valence-electron chi connectivity index (χ4n) is 1.82. The van der Waals surface area contributed by atoms with Crippen LogP contribution < -0.4 is 0 Å². The Morgan fingerprint density at radius 3 is 2.76 bits per heavy atom. The largest absolute Gasteiger partial charge is 0.481 e. The van der Waals surface area contributed by atoms with Gasteiger partial charge in [0.05, 0.1) is 17.1 Å². The van der Waals surface area contributed by atoms with E-state index in [-0.39, 0.29) is 5.82 Å². The highest BCUT2D eigenvalue weighted by Gasteiger charge is 2.18. The molecule has 0 spiro atoms. The van der Waals surface area contributed by atoms with Crippen LogP contribution >= 0.6 is 0 Å². The molecule has 4 heteroatoms. The minimum absolute atomic E-state index is 0.322. The second-order valence-electron chi connectivity index (χ2n) is 4.09. The van der Waals surface area contributed by atoms with E-state index < -0.39 is 11.9 Å². The Balaban J connectivity index is 2.63. The first-order valence-corrected chi connectivity index (χ1v) is 5.28. The Morgan fingerprint density at radius 1 is 1.41 bits per heavy atom. The predicted molar refractivity (Wildman–Crippen MR) is 62.5 cm³/mol. The zero-order chi connectivity index (χ0) is 12.6. The quantitative estimate of drug-likeness (QED) is 0.867. The van der Waals surface area contributed by atoms with Crippen molar-refractivity contribution in [1.29, 1.82) is 0 Å². The number of hydrogen-bond acceptors (Lipinski definition) is 2. The number of hydrogen-bond donors (Lipinski definition) is 1. The minimum Gasteiger partial charge on any atom is -0.481 e. The Hall–Kier alpha value is -1.97. The van der Waals surface area contributed by atoms with Crippen molar-refractivity contribution in [3.05, 3.63) is 41.3 Å². The van der Waals surface area contributed by atoms with Crippen LogP contribution in [0.2, 0.25) is 0 Å². The molecule has 0 aliphatic carbocycles. The van der Waals surface area contributed by atoms with Gasteiger partial charge in [-0.2, -0.15) is 0 Å². The second kappa shape index (κ2) is 4.13. The van der Waals surface area contributed by atoms with E-state index in [1.807, 2.05) is 0 Å². The summed E-state index contributed by atoms with van der Waals surface area (Å²) in [4.78, 5) is 15.2. The van der Waals surface area contributed by atoms with Crippen molar-refractivity contribution < 1.29 is 14.3 Å². The standard InChI is InChI=1S/C13H12FNO2/c1-7-5-9-6-10(14)3-4-11(9)15-12(7)8(2)13(16)17/h3-6,8H,1-2H3,(H,16,17). The molecule has 1 N–H and O–H groups in total. The van der Waals surface area contributed by atoms with Crippen LogP contribution in [0.5, 0.6) is 0 Å². The van der Waals surface area contributed by atoms with Crippen LogP contribution in [0.3, 0.4) is 0 Å². The first kappa shape index (κ1) is 11.5. The van der Waals surface area contributed by atoms with Gasteiger partial charge in [-0.3, -0.25) is 9.78 Å². The number of pyridine rings is 1. The number of carboxylic acids is 1. The number of fused-ring (bicyclic) bond motifs is 1. The van der Waals surface area contributed by atoms with Crippen molar-refractivity contribution in [2.24, 2.45) is 0 Å². The van der Waals surface area contributed by atoms with E-state index in [1.165, 1.54) is 12.1 Å². The number of carbonyl (C=O) groups is 1. The highest BCUT2D eigenvalue weighted by molar-refractivity contribution is 5.82. The van der Waals surface area contributed by atoms with Gasteiger partial charge in [0.15, 0.2) is 0 Å². The normalized spacial score (nSPS) is 12.6. The summed E-state index contributed by atoms with van der Waals surface area (Å²) in [6, 6.07) is 6.03. The van der Waals surface area contributed by atoms with Crippen LogP contribution in [-0.2, 0) is 4.79 Å². The smallest absolute Gasteiger partial charge is 0.312 e. The summed E-state index contributed by atoms with van der Waals surface area (Å²) in [6.45, 7) is 3.37. The molecule has 2 aromatic rings. The van der Waals surface area contributed by atoms with Gasteiger partial charge < -0.3 is 5.11 Å². The summed E-state index contributed by atoms with van der Waals surface area (Å²) in [6.07, 6.45) is 0. The third kappa shape index (κ3) is 2.11. The molecule has 2 rings (SSSR count). The zero-order valence-electron chi connectivity index (χ0n) is 9.57. The molecule has 0 radical (unpaired) electrons. The highest BCUT2D eigenvalue weighted by Crippen LogP contribution is 2.23. The molecule has 0 aliphatic rings. The Bertz CT molecular complexity index is 595.